The van der Waals surface area contributed by atoms with E-state index in [0.29, 0.717) is 16.3 Å². The first-order valence-electron chi connectivity index (χ1n) is 9.55. The molecule has 1 aliphatic rings. The number of halogens is 1. The van der Waals surface area contributed by atoms with Gasteiger partial charge in [0.2, 0.25) is 0 Å². The standard InChI is InChI=1S/C23H26ClN3O2/c1-6-27-20-12-21(29-5)17(11-19(20)15(2)13-23(27,3)4)14-25-26-22(28)16-7-9-18(24)10-8-16/h7-14H,6H2,1-5H3,(H,26,28)/b25-14-. The summed E-state index contributed by atoms with van der Waals surface area (Å²) in [7, 11) is 1.64. The topological polar surface area (TPSA) is 53.9 Å². The second-order valence-electron chi connectivity index (χ2n) is 7.54. The van der Waals surface area contributed by atoms with Crippen LogP contribution in [0, 0.1) is 0 Å². The van der Waals surface area contributed by atoms with Crippen molar-refractivity contribution in [1.82, 2.24) is 5.43 Å². The highest BCUT2D eigenvalue weighted by Gasteiger charge is 2.31. The largest absolute Gasteiger partial charge is 0.496 e. The Labute approximate surface area is 177 Å². The monoisotopic (exact) mass is 411 g/mol. The first-order valence-corrected chi connectivity index (χ1v) is 9.93. The third-order valence-corrected chi connectivity index (χ3v) is 5.37. The number of carbonyl (C=O) groups is 1. The van der Waals surface area contributed by atoms with Gasteiger partial charge in [0, 0.05) is 40.0 Å². The Hall–Kier alpha value is -2.79. The molecule has 0 saturated heterocycles. The molecule has 152 valence electrons. The molecule has 3 rings (SSSR count). The number of hydrogen-bond donors (Lipinski definition) is 1. The lowest BCUT2D eigenvalue weighted by molar-refractivity contribution is 0.0955. The number of rotatable bonds is 5. The highest BCUT2D eigenvalue weighted by molar-refractivity contribution is 6.30. The van der Waals surface area contributed by atoms with Gasteiger partial charge in [0.05, 0.1) is 18.9 Å². The molecule has 0 saturated carbocycles. The van der Waals surface area contributed by atoms with E-state index >= 15 is 0 Å². The molecular formula is C23H26ClN3O2. The van der Waals surface area contributed by atoms with Gasteiger partial charge in [0.15, 0.2) is 0 Å². The van der Waals surface area contributed by atoms with E-state index in [0.717, 1.165) is 23.4 Å². The minimum absolute atomic E-state index is 0.0704. The summed E-state index contributed by atoms with van der Waals surface area (Å²) in [5, 5.41) is 4.70. The summed E-state index contributed by atoms with van der Waals surface area (Å²) in [6.07, 6.45) is 3.88. The fraction of sp³-hybridized carbons (Fsp3) is 0.304. The fourth-order valence-corrected chi connectivity index (χ4v) is 3.93. The van der Waals surface area contributed by atoms with E-state index in [-0.39, 0.29) is 11.4 Å². The van der Waals surface area contributed by atoms with Gasteiger partial charge in [-0.05, 0) is 63.6 Å². The predicted molar refractivity (Wildman–Crippen MR) is 120 cm³/mol. The number of nitrogens with zero attached hydrogens (tertiary/aromatic N) is 2. The van der Waals surface area contributed by atoms with Gasteiger partial charge in [-0.2, -0.15) is 5.10 Å². The third-order valence-electron chi connectivity index (χ3n) is 5.12. The second kappa shape index (κ2) is 8.29. The lowest BCUT2D eigenvalue weighted by atomic mass is 9.88. The Morgan fingerprint density at radius 2 is 1.97 bits per heavy atom. The number of methoxy groups -OCH3 is 1. The van der Waals surface area contributed by atoms with E-state index in [9.17, 15) is 4.79 Å². The van der Waals surface area contributed by atoms with Crippen molar-refractivity contribution >= 4 is 35.0 Å². The summed E-state index contributed by atoms with van der Waals surface area (Å²) < 4.78 is 5.60. The minimum Gasteiger partial charge on any atom is -0.496 e. The predicted octanol–water partition coefficient (Wildman–Crippen LogP) is 5.13. The van der Waals surface area contributed by atoms with Gasteiger partial charge in [0.25, 0.3) is 5.91 Å². The molecule has 0 unspecified atom stereocenters. The van der Waals surface area contributed by atoms with Gasteiger partial charge in [-0.15, -0.1) is 0 Å². The molecule has 5 nitrogen and oxygen atoms in total. The van der Waals surface area contributed by atoms with Crippen LogP contribution < -0.4 is 15.1 Å². The van der Waals surface area contributed by atoms with Crippen LogP contribution in [-0.4, -0.2) is 31.3 Å². The number of allylic oxidation sites excluding steroid dienone is 1. The number of benzene rings is 2. The zero-order valence-electron chi connectivity index (χ0n) is 17.4. The van der Waals surface area contributed by atoms with Crippen LogP contribution in [0.1, 0.15) is 49.2 Å². The third kappa shape index (κ3) is 4.30. The Bertz CT molecular complexity index is 978. The molecular weight excluding hydrogens is 386 g/mol. The number of anilines is 1. The first-order chi connectivity index (χ1) is 13.8. The van der Waals surface area contributed by atoms with Crippen LogP contribution in [0.3, 0.4) is 0 Å². The number of carbonyl (C=O) groups excluding carboxylic acids is 1. The molecule has 29 heavy (non-hydrogen) atoms. The van der Waals surface area contributed by atoms with Crippen molar-refractivity contribution in [2.45, 2.75) is 33.2 Å². The molecule has 1 N–H and O–H groups in total. The molecule has 1 aliphatic heterocycles. The minimum atomic E-state index is -0.301. The number of likely N-dealkylation sites (N-methyl/N-ethyl adjacent to an activating group) is 1. The maximum absolute atomic E-state index is 12.2. The van der Waals surface area contributed by atoms with Gasteiger partial charge < -0.3 is 9.64 Å². The van der Waals surface area contributed by atoms with E-state index in [4.69, 9.17) is 16.3 Å². The van der Waals surface area contributed by atoms with Gasteiger partial charge in [-0.3, -0.25) is 4.79 Å². The zero-order chi connectivity index (χ0) is 21.2. The van der Waals surface area contributed by atoms with Crippen LogP contribution in [0.15, 0.2) is 47.6 Å². The van der Waals surface area contributed by atoms with Crippen molar-refractivity contribution in [1.29, 1.82) is 0 Å². The quantitative estimate of drug-likeness (QED) is 0.547. The molecule has 0 atom stereocenters. The lowest BCUT2D eigenvalue weighted by Crippen LogP contribution is -2.44. The summed E-state index contributed by atoms with van der Waals surface area (Å²) in [5.41, 5.74) is 7.24. The van der Waals surface area contributed by atoms with Crippen LogP contribution in [0.2, 0.25) is 5.02 Å². The SMILES string of the molecule is CCN1c2cc(OC)c(/C=N\NC(=O)c3ccc(Cl)cc3)cc2C(C)=CC1(C)C. The summed E-state index contributed by atoms with van der Waals surface area (Å²) in [4.78, 5) is 14.6. The molecule has 0 fully saturated rings. The van der Waals surface area contributed by atoms with Crippen molar-refractivity contribution in [2.75, 3.05) is 18.6 Å². The van der Waals surface area contributed by atoms with E-state index in [1.807, 2.05) is 6.07 Å². The lowest BCUT2D eigenvalue weighted by Gasteiger charge is -2.43. The van der Waals surface area contributed by atoms with Crippen molar-refractivity contribution < 1.29 is 9.53 Å². The maximum atomic E-state index is 12.2. The van der Waals surface area contributed by atoms with Crippen LogP contribution in [-0.2, 0) is 0 Å². The van der Waals surface area contributed by atoms with Crippen LogP contribution in [0.5, 0.6) is 5.75 Å². The highest BCUT2D eigenvalue weighted by atomic mass is 35.5. The Morgan fingerprint density at radius 1 is 1.28 bits per heavy atom. The summed E-state index contributed by atoms with van der Waals surface area (Å²) >= 11 is 5.86. The number of nitrogens with one attached hydrogen (secondary N) is 1. The number of hydrazone groups is 1. The second-order valence-corrected chi connectivity index (χ2v) is 7.98. The summed E-state index contributed by atoms with van der Waals surface area (Å²) in [6.45, 7) is 9.56. The van der Waals surface area contributed by atoms with Gasteiger partial charge in [-0.1, -0.05) is 17.7 Å². The maximum Gasteiger partial charge on any atom is 0.271 e. The molecule has 0 aromatic heterocycles. The Balaban J connectivity index is 1.89. The number of hydrogen-bond acceptors (Lipinski definition) is 4. The van der Waals surface area contributed by atoms with E-state index < -0.39 is 0 Å². The van der Waals surface area contributed by atoms with Gasteiger partial charge >= 0.3 is 0 Å². The zero-order valence-corrected chi connectivity index (χ0v) is 18.2. The Kier molecular flexibility index (Phi) is 5.99. The van der Waals surface area contributed by atoms with E-state index in [2.05, 4.69) is 55.3 Å². The van der Waals surface area contributed by atoms with Crippen LogP contribution in [0.25, 0.3) is 5.57 Å². The average Bonchev–Trinajstić information content (AvgIpc) is 2.68. The summed E-state index contributed by atoms with van der Waals surface area (Å²) in [5.74, 6) is 0.405. The van der Waals surface area contributed by atoms with E-state index in [1.54, 1.807) is 37.6 Å². The van der Waals surface area contributed by atoms with Crippen LogP contribution in [0.4, 0.5) is 5.69 Å². The van der Waals surface area contributed by atoms with Crippen LogP contribution >= 0.6 is 11.6 Å². The normalized spacial score (nSPS) is 15.1. The molecule has 1 amide bonds. The molecule has 0 aliphatic carbocycles. The average molecular weight is 412 g/mol. The van der Waals surface area contributed by atoms with Gasteiger partial charge in [-0.25, -0.2) is 5.43 Å². The number of amides is 1. The van der Waals surface area contributed by atoms with Gasteiger partial charge in [0.1, 0.15) is 5.75 Å². The number of fused-ring (bicyclic) bond motifs is 1. The van der Waals surface area contributed by atoms with Crippen molar-refractivity contribution in [3.05, 3.63) is 64.2 Å². The molecule has 2 aromatic carbocycles. The fourth-order valence-electron chi connectivity index (χ4n) is 3.80. The highest BCUT2D eigenvalue weighted by Crippen LogP contribution is 2.41. The van der Waals surface area contributed by atoms with E-state index in [1.165, 1.54) is 5.57 Å². The molecule has 1 heterocycles. The Morgan fingerprint density at radius 3 is 2.59 bits per heavy atom. The van der Waals surface area contributed by atoms with Crippen molar-refractivity contribution in [3.63, 3.8) is 0 Å². The van der Waals surface area contributed by atoms with Crippen molar-refractivity contribution in [2.24, 2.45) is 5.10 Å². The molecule has 0 bridgehead atoms. The molecule has 0 spiro atoms. The molecule has 6 heteroatoms. The molecule has 2 aromatic rings. The smallest absolute Gasteiger partial charge is 0.271 e. The number of ether oxygens (including phenoxy) is 1. The summed E-state index contributed by atoms with van der Waals surface area (Å²) in [6, 6.07) is 10.7. The molecule has 0 radical (unpaired) electrons. The first kappa shape index (κ1) is 20.9. The van der Waals surface area contributed by atoms with Crippen molar-refractivity contribution in [3.8, 4) is 5.75 Å².